The van der Waals surface area contributed by atoms with E-state index in [0.717, 1.165) is 11.4 Å². The van der Waals surface area contributed by atoms with Crippen LogP contribution in [0.2, 0.25) is 0 Å². The number of aryl methyl sites for hydroxylation is 1. The van der Waals surface area contributed by atoms with Crippen molar-refractivity contribution in [3.8, 4) is 6.07 Å². The predicted octanol–water partition coefficient (Wildman–Crippen LogP) is 1.84. The summed E-state index contributed by atoms with van der Waals surface area (Å²) in [6.45, 7) is 2.85. The quantitative estimate of drug-likeness (QED) is 0.474. The number of carbonyl (C=O) groups is 1. The molecule has 1 amide bonds. The topological polar surface area (TPSA) is 48.0 Å². The van der Waals surface area contributed by atoms with Gasteiger partial charge in [0.25, 0.3) is 5.82 Å². The number of halogens is 4. The van der Waals surface area contributed by atoms with Crippen LogP contribution < -0.4 is 9.47 Å². The van der Waals surface area contributed by atoms with Crippen LogP contribution in [0.3, 0.4) is 0 Å². The van der Waals surface area contributed by atoms with Gasteiger partial charge in [0.2, 0.25) is 0 Å². The van der Waals surface area contributed by atoms with Crippen LogP contribution in [0.25, 0.3) is 0 Å². The number of nitriles is 1. The van der Waals surface area contributed by atoms with Gasteiger partial charge in [-0.1, -0.05) is 0 Å². The predicted molar refractivity (Wildman–Crippen MR) is 64.1 cm³/mol. The number of carbonyl (C=O) groups excluding carboxylic acids is 1. The molecule has 0 radical (unpaired) electrons. The van der Waals surface area contributed by atoms with E-state index in [4.69, 9.17) is 5.26 Å². The van der Waals surface area contributed by atoms with Crippen molar-refractivity contribution in [2.45, 2.75) is 19.9 Å². The number of pyridine rings is 1. The third-order valence-corrected chi connectivity index (χ3v) is 2.55. The molecule has 0 saturated carbocycles. The Bertz CT molecular complexity index is 535. The zero-order chi connectivity index (χ0) is 15.3. The Kier molecular flexibility index (Phi) is 5.08. The van der Waals surface area contributed by atoms with E-state index >= 15 is 0 Å². The molecule has 0 fully saturated rings. The number of hydrogen-bond donors (Lipinski definition) is 0. The molecule has 1 aliphatic rings. The Morgan fingerprint density at radius 3 is 2.60 bits per heavy atom. The molecule has 1 aliphatic heterocycles. The zero-order valence-corrected chi connectivity index (χ0v) is 10.7. The minimum absolute atomic E-state index is 0.0690. The number of fused-ring (bicyclic) bond motifs is 1. The molecule has 0 bridgehead atoms. The lowest BCUT2D eigenvalue weighted by molar-refractivity contribution is -0.664. The Labute approximate surface area is 113 Å². The summed E-state index contributed by atoms with van der Waals surface area (Å²) in [7, 11) is -6.00. The molecule has 9 heteroatoms. The summed E-state index contributed by atoms with van der Waals surface area (Å²) in [5, 5.41) is 8.54. The van der Waals surface area contributed by atoms with Crippen LogP contribution in [-0.2, 0) is 11.3 Å². The summed E-state index contributed by atoms with van der Waals surface area (Å²) >= 11 is 0. The van der Waals surface area contributed by atoms with Crippen LogP contribution in [0, 0.1) is 18.3 Å². The van der Waals surface area contributed by atoms with Gasteiger partial charge < -0.3 is 17.3 Å². The number of amides is 1. The Hall–Kier alpha value is -2.11. The van der Waals surface area contributed by atoms with Crippen molar-refractivity contribution in [2.24, 2.45) is 0 Å². The molecule has 0 aliphatic carbocycles. The summed E-state index contributed by atoms with van der Waals surface area (Å²) in [4.78, 5) is 13.4. The highest BCUT2D eigenvalue weighted by Gasteiger charge is 2.36. The van der Waals surface area contributed by atoms with Crippen LogP contribution in [0.4, 0.5) is 23.1 Å². The van der Waals surface area contributed by atoms with E-state index in [-0.39, 0.29) is 5.91 Å². The maximum absolute atomic E-state index is 11.7. The van der Waals surface area contributed by atoms with Crippen LogP contribution in [0.5, 0.6) is 0 Å². The van der Waals surface area contributed by atoms with Crippen LogP contribution in [0.1, 0.15) is 12.0 Å². The molecule has 2 heterocycles. The summed E-state index contributed by atoms with van der Waals surface area (Å²) < 4.78 is 40.9. The second-order valence-electron chi connectivity index (χ2n) is 4.09. The molecule has 108 valence electrons. The first-order chi connectivity index (χ1) is 9.24. The number of nitrogens with zero attached hydrogens (tertiary/aromatic N) is 3. The fourth-order valence-corrected chi connectivity index (χ4v) is 1.90. The van der Waals surface area contributed by atoms with E-state index in [1.807, 2.05) is 29.8 Å². The third kappa shape index (κ3) is 4.53. The lowest BCUT2D eigenvalue weighted by atomic mass is 10.2. The fraction of sp³-hybridized carbons (Fsp3) is 0.364. The molecule has 4 nitrogen and oxygen atoms in total. The van der Waals surface area contributed by atoms with E-state index in [2.05, 4.69) is 6.07 Å². The van der Waals surface area contributed by atoms with Gasteiger partial charge in [-0.25, -0.2) is 9.36 Å². The van der Waals surface area contributed by atoms with E-state index in [1.165, 1.54) is 0 Å². The Morgan fingerprint density at radius 2 is 2.05 bits per heavy atom. The zero-order valence-electron chi connectivity index (χ0n) is 10.7. The van der Waals surface area contributed by atoms with Crippen LogP contribution in [-0.4, -0.2) is 19.7 Å². The van der Waals surface area contributed by atoms with Crippen molar-refractivity contribution in [3.05, 3.63) is 23.9 Å². The second-order valence-corrected chi connectivity index (χ2v) is 4.09. The molecule has 0 N–H and O–H groups in total. The van der Waals surface area contributed by atoms with Gasteiger partial charge in [-0.2, -0.15) is 10.2 Å². The lowest BCUT2D eigenvalue weighted by Gasteiger charge is -2.07. The van der Waals surface area contributed by atoms with Gasteiger partial charge in [-0.05, 0) is 19.1 Å². The Balaban J connectivity index is 0.000000347. The smallest absolute Gasteiger partial charge is 0.418 e. The molecular formula is C11H12BF4N3O. The molecule has 1 aromatic rings. The van der Waals surface area contributed by atoms with E-state index in [1.54, 1.807) is 4.90 Å². The van der Waals surface area contributed by atoms with Gasteiger partial charge in [0.1, 0.15) is 6.54 Å². The summed E-state index contributed by atoms with van der Waals surface area (Å²) in [6.07, 6.45) is 2.27. The maximum Gasteiger partial charge on any atom is 0.673 e. The van der Waals surface area contributed by atoms with Gasteiger partial charge >= 0.3 is 13.2 Å². The maximum atomic E-state index is 11.7. The van der Waals surface area contributed by atoms with Gasteiger partial charge in [0.05, 0.1) is 18.7 Å². The number of anilines is 1. The molecule has 0 saturated heterocycles. The number of hydrogen-bond acceptors (Lipinski definition) is 2. The van der Waals surface area contributed by atoms with E-state index in [0.29, 0.717) is 19.5 Å². The summed E-state index contributed by atoms with van der Waals surface area (Å²) in [5.41, 5.74) is 1.07. The fourth-order valence-electron chi connectivity index (χ4n) is 1.90. The minimum Gasteiger partial charge on any atom is -0.418 e. The van der Waals surface area contributed by atoms with Crippen LogP contribution in [0.15, 0.2) is 18.3 Å². The molecule has 0 unspecified atom stereocenters. The first kappa shape index (κ1) is 16.0. The third-order valence-electron chi connectivity index (χ3n) is 2.55. The van der Waals surface area contributed by atoms with Crippen molar-refractivity contribution in [3.63, 3.8) is 0 Å². The number of aromatic nitrogens is 1. The second kappa shape index (κ2) is 6.37. The van der Waals surface area contributed by atoms with Crippen molar-refractivity contribution < 1.29 is 26.6 Å². The van der Waals surface area contributed by atoms with Gasteiger partial charge in [0, 0.05) is 5.56 Å². The SMILES string of the molecule is Cc1ccc[n+]2c1N(CCC#N)C(=O)C2.F[B-](F)(F)F. The average Bonchev–Trinajstić information content (AvgIpc) is 2.61. The molecule has 0 atom stereocenters. The highest BCUT2D eigenvalue weighted by atomic mass is 19.5. The number of rotatable bonds is 2. The largest absolute Gasteiger partial charge is 0.673 e. The molecule has 1 aromatic heterocycles. The molecule has 0 aromatic carbocycles. The van der Waals surface area contributed by atoms with E-state index in [9.17, 15) is 22.1 Å². The van der Waals surface area contributed by atoms with Crippen LogP contribution >= 0.6 is 0 Å². The lowest BCUT2D eigenvalue weighted by Crippen LogP contribution is -2.31. The average molecular weight is 289 g/mol. The molecule has 0 spiro atoms. The minimum atomic E-state index is -6.00. The molecule has 2 rings (SSSR count). The van der Waals surface area contributed by atoms with Gasteiger partial charge in [-0.15, -0.1) is 0 Å². The summed E-state index contributed by atoms with van der Waals surface area (Å²) in [6, 6.07) is 5.97. The molecular weight excluding hydrogens is 277 g/mol. The summed E-state index contributed by atoms with van der Waals surface area (Å²) in [5.74, 6) is 0.998. The van der Waals surface area contributed by atoms with Crippen molar-refractivity contribution >= 4 is 19.0 Å². The highest BCUT2D eigenvalue weighted by molar-refractivity contribution is 6.50. The first-order valence-corrected chi connectivity index (χ1v) is 5.77. The van der Waals surface area contributed by atoms with Crippen molar-refractivity contribution in [2.75, 3.05) is 11.4 Å². The highest BCUT2D eigenvalue weighted by Crippen LogP contribution is 2.19. The van der Waals surface area contributed by atoms with Gasteiger partial charge in [0.15, 0.2) is 6.54 Å². The first-order valence-electron chi connectivity index (χ1n) is 5.77. The van der Waals surface area contributed by atoms with Crippen molar-refractivity contribution in [1.82, 2.24) is 0 Å². The van der Waals surface area contributed by atoms with E-state index < -0.39 is 7.25 Å². The molecule has 20 heavy (non-hydrogen) atoms. The van der Waals surface area contributed by atoms with Gasteiger partial charge in [-0.3, -0.25) is 0 Å². The Morgan fingerprint density at radius 1 is 1.45 bits per heavy atom. The van der Waals surface area contributed by atoms with Crippen molar-refractivity contribution in [1.29, 1.82) is 5.26 Å². The monoisotopic (exact) mass is 289 g/mol. The standard InChI is InChI=1S/C11H12N3O.BF4/c1-9-4-2-6-13-8-10(15)14(11(9)13)7-3-5-12;2-1(3,4)5/h2,4,6H,3,7-8H2,1H3;/q+1;-1. The normalized spacial score (nSPS) is 13.4.